The molecule has 1 fully saturated rings. The van der Waals surface area contributed by atoms with E-state index in [0.717, 1.165) is 4.90 Å². The molecular formula is C20H26N4O5. The van der Waals surface area contributed by atoms with E-state index in [9.17, 15) is 19.2 Å². The topological polar surface area (TPSA) is 111 Å². The summed E-state index contributed by atoms with van der Waals surface area (Å²) in [5.74, 6) is -1.71. The second-order valence-electron chi connectivity index (χ2n) is 7.61. The van der Waals surface area contributed by atoms with E-state index in [4.69, 9.17) is 4.74 Å². The first-order valence-electron chi connectivity index (χ1n) is 9.83. The molecule has 1 aliphatic carbocycles. The molecule has 0 saturated carbocycles. The molecule has 3 rings (SSSR count). The maximum atomic E-state index is 12.4. The van der Waals surface area contributed by atoms with Crippen molar-refractivity contribution in [1.82, 2.24) is 14.7 Å². The zero-order valence-corrected chi connectivity index (χ0v) is 16.8. The van der Waals surface area contributed by atoms with Crippen molar-refractivity contribution >= 4 is 29.5 Å². The lowest BCUT2D eigenvalue weighted by atomic mass is 9.85. The van der Waals surface area contributed by atoms with E-state index < -0.39 is 18.0 Å². The van der Waals surface area contributed by atoms with Crippen LogP contribution in [0.2, 0.25) is 0 Å². The summed E-state index contributed by atoms with van der Waals surface area (Å²) in [6.45, 7) is 5.30. The van der Waals surface area contributed by atoms with Crippen molar-refractivity contribution in [3.05, 3.63) is 24.4 Å². The summed E-state index contributed by atoms with van der Waals surface area (Å²) in [6, 6.07) is 1.72. The van der Waals surface area contributed by atoms with Gasteiger partial charge >= 0.3 is 5.97 Å². The Bertz CT molecular complexity index is 818. The second kappa shape index (κ2) is 8.59. The molecule has 0 spiro atoms. The zero-order valence-electron chi connectivity index (χ0n) is 16.8. The lowest BCUT2D eigenvalue weighted by Crippen LogP contribution is -2.35. The van der Waals surface area contributed by atoms with E-state index in [1.807, 2.05) is 26.0 Å². The van der Waals surface area contributed by atoms with Crippen LogP contribution >= 0.6 is 0 Å². The number of anilines is 1. The summed E-state index contributed by atoms with van der Waals surface area (Å²) in [5.41, 5.74) is 0. The van der Waals surface area contributed by atoms with Gasteiger partial charge in [-0.1, -0.05) is 12.2 Å². The Morgan fingerprint density at radius 2 is 1.79 bits per heavy atom. The van der Waals surface area contributed by atoms with Crippen LogP contribution in [-0.4, -0.2) is 51.0 Å². The first-order valence-corrected chi connectivity index (χ1v) is 9.83. The molecule has 9 nitrogen and oxygen atoms in total. The predicted molar refractivity (Wildman–Crippen MR) is 103 cm³/mol. The van der Waals surface area contributed by atoms with E-state index in [1.165, 1.54) is 6.92 Å². The van der Waals surface area contributed by atoms with Crippen LogP contribution in [-0.2, 0) is 23.9 Å². The lowest BCUT2D eigenvalue weighted by Gasteiger charge is -2.17. The number of nitrogens with one attached hydrogen (secondary N) is 1. The summed E-state index contributed by atoms with van der Waals surface area (Å²) in [4.78, 5) is 50.4. The van der Waals surface area contributed by atoms with Crippen molar-refractivity contribution in [3.8, 4) is 0 Å². The Labute approximate surface area is 169 Å². The smallest absolute Gasteiger partial charge is 0.308 e. The molecule has 156 valence electrons. The number of rotatable bonds is 7. The number of fused-ring (bicyclic) bond motifs is 1. The van der Waals surface area contributed by atoms with Gasteiger partial charge < -0.3 is 10.1 Å². The van der Waals surface area contributed by atoms with Crippen LogP contribution in [0.1, 0.15) is 46.1 Å². The number of carbonyl (C=O) groups excluding carboxylic acids is 4. The van der Waals surface area contributed by atoms with E-state index in [2.05, 4.69) is 10.4 Å². The monoisotopic (exact) mass is 402 g/mol. The molecule has 1 saturated heterocycles. The minimum absolute atomic E-state index is 0.0298. The van der Waals surface area contributed by atoms with E-state index in [1.54, 1.807) is 16.9 Å². The van der Waals surface area contributed by atoms with Gasteiger partial charge in [0, 0.05) is 18.7 Å². The third-order valence-corrected chi connectivity index (χ3v) is 5.23. The van der Waals surface area contributed by atoms with Gasteiger partial charge in [-0.2, -0.15) is 5.10 Å². The van der Waals surface area contributed by atoms with Gasteiger partial charge in [-0.25, -0.2) is 4.68 Å². The molecular weight excluding hydrogens is 376 g/mol. The molecule has 2 aliphatic rings. The molecule has 1 aromatic heterocycles. The van der Waals surface area contributed by atoms with Crippen LogP contribution in [0.5, 0.6) is 0 Å². The number of hydrogen-bond acceptors (Lipinski definition) is 6. The number of allylic oxidation sites excluding steroid dienone is 2. The first-order chi connectivity index (χ1) is 13.8. The van der Waals surface area contributed by atoms with Crippen molar-refractivity contribution in [2.24, 2.45) is 11.8 Å². The van der Waals surface area contributed by atoms with Crippen LogP contribution in [0.15, 0.2) is 24.4 Å². The Kier molecular flexibility index (Phi) is 6.14. The fraction of sp³-hybridized carbons (Fsp3) is 0.550. The Balaban J connectivity index is 1.49. The molecule has 1 aliphatic heterocycles. The van der Waals surface area contributed by atoms with Gasteiger partial charge in [-0.3, -0.25) is 24.1 Å². The van der Waals surface area contributed by atoms with E-state index in [0.29, 0.717) is 18.7 Å². The van der Waals surface area contributed by atoms with Gasteiger partial charge in [0.2, 0.25) is 11.8 Å². The average Bonchev–Trinajstić information content (AvgIpc) is 3.24. The number of amides is 3. The number of aromatic nitrogens is 2. The third-order valence-electron chi connectivity index (χ3n) is 5.23. The molecule has 0 aromatic carbocycles. The van der Waals surface area contributed by atoms with Crippen molar-refractivity contribution in [2.75, 3.05) is 11.9 Å². The highest BCUT2D eigenvalue weighted by Crippen LogP contribution is 2.35. The molecule has 0 bridgehead atoms. The fourth-order valence-electron chi connectivity index (χ4n) is 3.65. The minimum atomic E-state index is -1.02. The second-order valence-corrected chi connectivity index (χ2v) is 7.61. The summed E-state index contributed by atoms with van der Waals surface area (Å²) >= 11 is 0. The molecule has 9 heteroatoms. The van der Waals surface area contributed by atoms with Gasteiger partial charge in [0.05, 0.1) is 24.5 Å². The lowest BCUT2D eigenvalue weighted by molar-refractivity contribution is -0.154. The molecule has 3 atom stereocenters. The largest absolute Gasteiger partial charge is 0.452 e. The van der Waals surface area contributed by atoms with Crippen molar-refractivity contribution in [2.45, 2.75) is 52.2 Å². The van der Waals surface area contributed by atoms with Crippen LogP contribution in [0.25, 0.3) is 0 Å². The Morgan fingerprint density at radius 3 is 2.38 bits per heavy atom. The van der Waals surface area contributed by atoms with E-state index >= 15 is 0 Å². The standard InChI is InChI=1S/C20H26N4O5/c1-12(2)24-16(8-10-21-24)22-18(26)13(3)29-17(25)9-11-23-19(27)14-6-4-5-7-15(14)20(23)28/h4-5,8,10,12-15H,6-7,9,11H2,1-3H3,(H,22,26)/t13-,14-,15+/m1/s1. The number of ether oxygens (including phenoxy) is 1. The number of carbonyl (C=O) groups is 4. The van der Waals surface area contributed by atoms with Crippen molar-refractivity contribution in [1.29, 1.82) is 0 Å². The SMILES string of the molecule is CC(C)n1nccc1NC(=O)[C@@H](C)OC(=O)CCN1C(=O)[C@H]2CC=CC[C@H]2C1=O. The normalized spacial score (nSPS) is 22.0. The Hall–Kier alpha value is -2.97. The Morgan fingerprint density at radius 1 is 1.17 bits per heavy atom. The van der Waals surface area contributed by atoms with Gasteiger partial charge in [0.15, 0.2) is 6.10 Å². The van der Waals surface area contributed by atoms with Crippen LogP contribution in [0.3, 0.4) is 0 Å². The molecule has 2 heterocycles. The molecule has 29 heavy (non-hydrogen) atoms. The van der Waals surface area contributed by atoms with Gasteiger partial charge in [-0.05, 0) is 33.6 Å². The first kappa shape index (κ1) is 20.8. The number of hydrogen-bond donors (Lipinski definition) is 1. The highest BCUT2D eigenvalue weighted by atomic mass is 16.5. The molecule has 3 amide bonds. The van der Waals surface area contributed by atoms with Crippen LogP contribution in [0, 0.1) is 11.8 Å². The summed E-state index contributed by atoms with van der Waals surface area (Å²) in [6.07, 6.45) is 5.34. The van der Waals surface area contributed by atoms with E-state index in [-0.39, 0.29) is 42.7 Å². The third kappa shape index (κ3) is 4.38. The molecule has 1 aromatic rings. The zero-order chi connectivity index (χ0) is 21.1. The summed E-state index contributed by atoms with van der Waals surface area (Å²) < 4.78 is 6.81. The molecule has 0 radical (unpaired) electrons. The molecule has 1 N–H and O–H groups in total. The summed E-state index contributed by atoms with van der Waals surface area (Å²) in [7, 11) is 0. The maximum Gasteiger partial charge on any atom is 0.308 e. The maximum absolute atomic E-state index is 12.4. The predicted octanol–water partition coefficient (Wildman–Crippen LogP) is 1.68. The van der Waals surface area contributed by atoms with Crippen molar-refractivity contribution in [3.63, 3.8) is 0 Å². The minimum Gasteiger partial charge on any atom is -0.452 e. The van der Waals surface area contributed by atoms with Crippen molar-refractivity contribution < 1.29 is 23.9 Å². The van der Waals surface area contributed by atoms with Gasteiger partial charge in [0.1, 0.15) is 5.82 Å². The average molecular weight is 402 g/mol. The number of imide groups is 1. The van der Waals surface area contributed by atoms with Gasteiger partial charge in [0.25, 0.3) is 5.91 Å². The fourth-order valence-corrected chi connectivity index (χ4v) is 3.65. The van der Waals surface area contributed by atoms with Crippen LogP contribution in [0.4, 0.5) is 5.82 Å². The number of nitrogens with zero attached hydrogens (tertiary/aromatic N) is 3. The quantitative estimate of drug-likeness (QED) is 0.422. The number of esters is 1. The highest BCUT2D eigenvalue weighted by Gasteiger charge is 2.47. The summed E-state index contributed by atoms with van der Waals surface area (Å²) in [5, 5.41) is 6.81. The molecule has 0 unspecified atom stereocenters. The van der Waals surface area contributed by atoms with Crippen LogP contribution < -0.4 is 5.32 Å². The van der Waals surface area contributed by atoms with Gasteiger partial charge in [-0.15, -0.1) is 0 Å². The number of likely N-dealkylation sites (tertiary alicyclic amines) is 1. The highest BCUT2D eigenvalue weighted by molar-refractivity contribution is 6.05.